The van der Waals surface area contributed by atoms with E-state index in [0.29, 0.717) is 0 Å². The maximum atomic E-state index is 12.8. The first kappa shape index (κ1) is 29.5. The molecular formula is C18H34N8O7. The minimum absolute atomic E-state index is 0.0540. The molecule has 15 heteroatoms. The molecule has 0 aromatic rings. The first-order valence-corrected chi connectivity index (χ1v) is 10.1. The fourth-order valence-electron chi connectivity index (χ4n) is 2.48. The topological polar surface area (TPSA) is 278 Å². The van der Waals surface area contributed by atoms with Crippen LogP contribution in [0.5, 0.6) is 0 Å². The van der Waals surface area contributed by atoms with Crippen molar-refractivity contribution in [1.29, 1.82) is 0 Å². The van der Waals surface area contributed by atoms with Gasteiger partial charge in [-0.05, 0) is 18.8 Å². The Balaban J connectivity index is 5.54. The first-order valence-electron chi connectivity index (χ1n) is 10.1. The standard InChI is InChI=1S/C18H34N8O7/c1-8(2)13(20)16(31)24-9(4-3-5-23-18(21)22)14(29)25-10(6-12(19)28)15(30)26-11(7-27)17(32)33/h8-11,13,27H,3-7,20H2,1-2H3,(H2,19,28)(H,24,31)(H,25,29)(H,26,30)(H,32,33)(H4,21,22,23). The summed E-state index contributed by atoms with van der Waals surface area (Å²) in [7, 11) is 0. The molecule has 0 aliphatic rings. The van der Waals surface area contributed by atoms with Crippen molar-refractivity contribution in [3.63, 3.8) is 0 Å². The van der Waals surface area contributed by atoms with Gasteiger partial charge in [0.2, 0.25) is 23.6 Å². The Hall–Kier alpha value is -3.46. The highest BCUT2D eigenvalue weighted by Crippen LogP contribution is 2.05. The van der Waals surface area contributed by atoms with E-state index in [0.717, 1.165) is 0 Å². The lowest BCUT2D eigenvalue weighted by Gasteiger charge is -2.25. The van der Waals surface area contributed by atoms with Gasteiger partial charge in [-0.1, -0.05) is 13.8 Å². The van der Waals surface area contributed by atoms with Gasteiger partial charge in [-0.3, -0.25) is 24.2 Å². The molecule has 4 amide bonds. The van der Waals surface area contributed by atoms with E-state index < -0.39 is 66.8 Å². The summed E-state index contributed by atoms with van der Waals surface area (Å²) in [4.78, 5) is 63.8. The number of aliphatic carboxylic acids is 1. The number of amides is 4. The summed E-state index contributed by atoms with van der Waals surface area (Å²) < 4.78 is 0. The molecule has 0 aliphatic carbocycles. The van der Waals surface area contributed by atoms with Crippen molar-refractivity contribution in [3.05, 3.63) is 0 Å². The number of aliphatic hydroxyl groups is 1. The van der Waals surface area contributed by atoms with Gasteiger partial charge in [0.1, 0.15) is 18.1 Å². The average Bonchev–Trinajstić information content (AvgIpc) is 2.71. The molecule has 4 unspecified atom stereocenters. The number of aliphatic imine (C=N–C) groups is 1. The number of primary amides is 1. The monoisotopic (exact) mass is 474 g/mol. The molecule has 0 saturated heterocycles. The highest BCUT2D eigenvalue weighted by molar-refractivity contribution is 5.96. The molecule has 188 valence electrons. The zero-order valence-electron chi connectivity index (χ0n) is 18.6. The van der Waals surface area contributed by atoms with Gasteiger partial charge in [-0.25, -0.2) is 4.79 Å². The molecule has 0 spiro atoms. The molecule has 0 aromatic heterocycles. The maximum absolute atomic E-state index is 12.8. The summed E-state index contributed by atoms with van der Waals surface area (Å²) in [6.07, 6.45) is -0.334. The van der Waals surface area contributed by atoms with Gasteiger partial charge in [0, 0.05) is 6.54 Å². The van der Waals surface area contributed by atoms with Crippen LogP contribution in [0.25, 0.3) is 0 Å². The third kappa shape index (κ3) is 11.6. The number of hydrogen-bond acceptors (Lipinski definition) is 8. The Bertz CT molecular complexity index is 739. The van der Waals surface area contributed by atoms with E-state index in [1.165, 1.54) is 0 Å². The van der Waals surface area contributed by atoms with Crippen molar-refractivity contribution in [2.45, 2.75) is 57.3 Å². The Labute approximate surface area is 190 Å². The number of carboxylic acids is 1. The summed E-state index contributed by atoms with van der Waals surface area (Å²) in [5, 5.41) is 24.8. The summed E-state index contributed by atoms with van der Waals surface area (Å²) in [6, 6.07) is -5.31. The number of hydrogen-bond donors (Lipinski definition) is 9. The lowest BCUT2D eigenvalue weighted by atomic mass is 10.0. The zero-order chi connectivity index (χ0) is 25.7. The lowest BCUT2D eigenvalue weighted by Crippen LogP contribution is -2.58. The van der Waals surface area contributed by atoms with Crippen LogP contribution in [-0.4, -0.2) is 83.1 Å². The molecule has 33 heavy (non-hydrogen) atoms. The molecule has 0 saturated carbocycles. The molecule has 0 rings (SSSR count). The van der Waals surface area contributed by atoms with Gasteiger partial charge in [0.25, 0.3) is 0 Å². The fourth-order valence-corrected chi connectivity index (χ4v) is 2.48. The van der Waals surface area contributed by atoms with Crippen LogP contribution in [0.1, 0.15) is 33.1 Å². The van der Waals surface area contributed by atoms with Crippen LogP contribution in [0.2, 0.25) is 0 Å². The van der Waals surface area contributed by atoms with Crippen LogP contribution >= 0.6 is 0 Å². The number of carboxylic acid groups (broad SMARTS) is 1. The molecule has 15 nitrogen and oxygen atoms in total. The number of nitrogens with zero attached hydrogens (tertiary/aromatic N) is 1. The number of carbonyl (C=O) groups excluding carboxylic acids is 4. The van der Waals surface area contributed by atoms with Crippen LogP contribution in [-0.2, 0) is 24.0 Å². The third-order valence-corrected chi connectivity index (χ3v) is 4.43. The Morgan fingerprint density at radius 1 is 0.879 bits per heavy atom. The van der Waals surface area contributed by atoms with Gasteiger partial charge in [0.15, 0.2) is 5.96 Å². The zero-order valence-corrected chi connectivity index (χ0v) is 18.6. The van der Waals surface area contributed by atoms with Crippen LogP contribution in [0, 0.1) is 5.92 Å². The van der Waals surface area contributed by atoms with Gasteiger partial charge >= 0.3 is 5.97 Å². The smallest absolute Gasteiger partial charge is 0.328 e. The van der Waals surface area contributed by atoms with Crippen LogP contribution in [0.3, 0.4) is 0 Å². The van der Waals surface area contributed by atoms with Crippen LogP contribution < -0.4 is 38.9 Å². The van der Waals surface area contributed by atoms with E-state index in [9.17, 15) is 24.0 Å². The van der Waals surface area contributed by atoms with Gasteiger partial charge in [0.05, 0.1) is 19.1 Å². The van der Waals surface area contributed by atoms with E-state index in [2.05, 4.69) is 15.6 Å². The molecule has 0 radical (unpaired) electrons. The quantitative estimate of drug-likeness (QED) is 0.0622. The van der Waals surface area contributed by atoms with Crippen LogP contribution in [0.15, 0.2) is 4.99 Å². The minimum atomic E-state index is -1.66. The number of guanidine groups is 1. The first-order chi connectivity index (χ1) is 15.3. The summed E-state index contributed by atoms with van der Waals surface area (Å²) in [6.45, 7) is 2.66. The van der Waals surface area contributed by atoms with E-state index in [4.69, 9.17) is 33.1 Å². The lowest BCUT2D eigenvalue weighted by molar-refractivity contribution is -0.143. The molecule has 0 aliphatic heterocycles. The molecule has 13 N–H and O–H groups in total. The van der Waals surface area contributed by atoms with Gasteiger partial charge < -0.3 is 49.1 Å². The number of nitrogens with two attached hydrogens (primary N) is 4. The number of aliphatic hydroxyl groups excluding tert-OH is 1. The molecule has 0 heterocycles. The summed E-state index contributed by atoms with van der Waals surface area (Å²) >= 11 is 0. The minimum Gasteiger partial charge on any atom is -0.480 e. The SMILES string of the molecule is CC(C)C(N)C(=O)NC(CCCN=C(N)N)C(=O)NC(CC(N)=O)C(=O)NC(CO)C(=O)O. The Morgan fingerprint density at radius 2 is 1.39 bits per heavy atom. The highest BCUT2D eigenvalue weighted by Gasteiger charge is 2.31. The Kier molecular flexibility index (Phi) is 13.0. The molecule has 0 aromatic carbocycles. The van der Waals surface area contributed by atoms with E-state index in [1.54, 1.807) is 13.8 Å². The number of nitrogens with one attached hydrogen (secondary N) is 3. The molecule has 4 atom stereocenters. The van der Waals surface area contributed by atoms with E-state index in [1.807, 2.05) is 5.32 Å². The van der Waals surface area contributed by atoms with Crippen molar-refractivity contribution in [3.8, 4) is 0 Å². The Morgan fingerprint density at radius 3 is 1.85 bits per heavy atom. The van der Waals surface area contributed by atoms with Gasteiger partial charge in [-0.15, -0.1) is 0 Å². The second-order valence-corrected chi connectivity index (χ2v) is 7.59. The summed E-state index contributed by atoms with van der Waals surface area (Å²) in [5.41, 5.74) is 21.4. The number of rotatable bonds is 15. The number of carbonyl (C=O) groups is 5. The third-order valence-electron chi connectivity index (χ3n) is 4.43. The van der Waals surface area contributed by atoms with E-state index >= 15 is 0 Å². The second kappa shape index (κ2) is 14.6. The predicted molar refractivity (Wildman–Crippen MR) is 117 cm³/mol. The van der Waals surface area contributed by atoms with Crippen molar-refractivity contribution in [2.24, 2.45) is 33.8 Å². The summed E-state index contributed by atoms with van der Waals surface area (Å²) in [5.74, 6) is -5.39. The average molecular weight is 475 g/mol. The normalized spacial score (nSPS) is 14.3. The molecular weight excluding hydrogens is 440 g/mol. The largest absolute Gasteiger partial charge is 0.480 e. The highest BCUT2D eigenvalue weighted by atomic mass is 16.4. The predicted octanol–water partition coefficient (Wildman–Crippen LogP) is -4.57. The fraction of sp³-hybridized carbons (Fsp3) is 0.667. The molecule has 0 bridgehead atoms. The maximum Gasteiger partial charge on any atom is 0.328 e. The van der Waals surface area contributed by atoms with Gasteiger partial charge in [-0.2, -0.15) is 0 Å². The van der Waals surface area contributed by atoms with Crippen molar-refractivity contribution in [2.75, 3.05) is 13.2 Å². The van der Waals surface area contributed by atoms with Crippen LogP contribution in [0.4, 0.5) is 0 Å². The van der Waals surface area contributed by atoms with Crippen molar-refractivity contribution in [1.82, 2.24) is 16.0 Å². The van der Waals surface area contributed by atoms with Crippen molar-refractivity contribution >= 4 is 35.6 Å². The second-order valence-electron chi connectivity index (χ2n) is 7.59. The van der Waals surface area contributed by atoms with Crippen molar-refractivity contribution < 1.29 is 34.2 Å². The molecule has 0 fully saturated rings. The van der Waals surface area contributed by atoms with E-state index in [-0.39, 0.29) is 31.3 Å².